The highest BCUT2D eigenvalue weighted by atomic mass is 16.5. The van der Waals surface area contributed by atoms with Crippen LogP contribution in [0.5, 0.6) is 5.75 Å². The number of nitrogens with zero attached hydrogens (tertiary/aromatic N) is 1. The summed E-state index contributed by atoms with van der Waals surface area (Å²) in [6.45, 7) is -0.0274. The standard InChI is InChI=1S/C18H20N2O3/c1-20(15-6-4-3-5-7-15)18(22)13-19-17(21)12-14-8-10-16(23-2)11-9-14/h3-11H,12-13H2,1-2H3,(H,19,21). The Morgan fingerprint density at radius 1 is 1.04 bits per heavy atom. The number of nitrogens with one attached hydrogen (secondary N) is 1. The van der Waals surface area contributed by atoms with Crippen molar-refractivity contribution in [3.05, 3.63) is 60.2 Å². The van der Waals surface area contributed by atoms with E-state index in [2.05, 4.69) is 5.32 Å². The molecule has 0 atom stereocenters. The van der Waals surface area contributed by atoms with E-state index in [-0.39, 0.29) is 24.8 Å². The van der Waals surface area contributed by atoms with Gasteiger partial charge in [0.15, 0.2) is 0 Å². The lowest BCUT2D eigenvalue weighted by atomic mass is 10.1. The molecule has 0 aliphatic rings. The van der Waals surface area contributed by atoms with E-state index in [4.69, 9.17) is 4.74 Å². The maximum Gasteiger partial charge on any atom is 0.246 e. The quantitative estimate of drug-likeness (QED) is 0.888. The summed E-state index contributed by atoms with van der Waals surface area (Å²) in [5, 5.41) is 2.65. The largest absolute Gasteiger partial charge is 0.497 e. The molecule has 120 valence electrons. The van der Waals surface area contributed by atoms with Crippen molar-refractivity contribution in [1.82, 2.24) is 5.32 Å². The van der Waals surface area contributed by atoms with Crippen LogP contribution in [0.3, 0.4) is 0 Å². The number of benzene rings is 2. The van der Waals surface area contributed by atoms with Crippen molar-refractivity contribution < 1.29 is 14.3 Å². The Morgan fingerprint density at radius 2 is 1.70 bits per heavy atom. The lowest BCUT2D eigenvalue weighted by molar-refractivity contribution is -0.124. The van der Waals surface area contributed by atoms with Crippen LogP contribution in [0.25, 0.3) is 0 Å². The normalized spacial score (nSPS) is 10.0. The van der Waals surface area contributed by atoms with Gasteiger partial charge in [0.2, 0.25) is 11.8 Å². The number of carbonyl (C=O) groups is 2. The van der Waals surface area contributed by atoms with Crippen LogP contribution >= 0.6 is 0 Å². The second-order valence-corrected chi connectivity index (χ2v) is 5.09. The van der Waals surface area contributed by atoms with Crippen molar-refractivity contribution in [3.8, 4) is 5.75 Å². The molecule has 23 heavy (non-hydrogen) atoms. The highest BCUT2D eigenvalue weighted by Gasteiger charge is 2.12. The SMILES string of the molecule is COc1ccc(CC(=O)NCC(=O)N(C)c2ccccc2)cc1. The Kier molecular flexibility index (Phi) is 5.74. The molecule has 2 amide bonds. The number of amides is 2. The predicted molar refractivity (Wildman–Crippen MR) is 89.6 cm³/mol. The first-order valence-electron chi connectivity index (χ1n) is 7.31. The van der Waals surface area contributed by atoms with E-state index < -0.39 is 0 Å². The lowest BCUT2D eigenvalue weighted by Crippen LogP contribution is -2.38. The third-order valence-corrected chi connectivity index (χ3v) is 3.48. The molecule has 2 aromatic rings. The Labute approximate surface area is 135 Å². The van der Waals surface area contributed by atoms with Crippen LogP contribution in [0.15, 0.2) is 54.6 Å². The van der Waals surface area contributed by atoms with E-state index in [0.717, 1.165) is 17.0 Å². The van der Waals surface area contributed by atoms with Crippen molar-refractivity contribution >= 4 is 17.5 Å². The van der Waals surface area contributed by atoms with Gasteiger partial charge in [0.05, 0.1) is 20.1 Å². The first kappa shape index (κ1) is 16.5. The van der Waals surface area contributed by atoms with Crippen LogP contribution < -0.4 is 15.0 Å². The molecule has 1 N–H and O–H groups in total. The van der Waals surface area contributed by atoms with Crippen LogP contribution in [0.1, 0.15) is 5.56 Å². The number of likely N-dealkylation sites (N-methyl/N-ethyl adjacent to an activating group) is 1. The molecule has 5 heteroatoms. The number of ether oxygens (including phenoxy) is 1. The van der Waals surface area contributed by atoms with Crippen LogP contribution in [0.4, 0.5) is 5.69 Å². The molecule has 2 rings (SSSR count). The summed E-state index contributed by atoms with van der Waals surface area (Å²) < 4.78 is 5.07. The summed E-state index contributed by atoms with van der Waals surface area (Å²) in [6, 6.07) is 16.6. The number of hydrogen-bond acceptors (Lipinski definition) is 3. The molecule has 0 heterocycles. The maximum atomic E-state index is 12.1. The van der Waals surface area contributed by atoms with Crippen molar-refractivity contribution in [2.75, 3.05) is 25.6 Å². The van der Waals surface area contributed by atoms with Gasteiger partial charge in [-0.25, -0.2) is 0 Å². The molecular weight excluding hydrogens is 292 g/mol. The molecule has 0 aliphatic carbocycles. The number of carbonyl (C=O) groups excluding carboxylic acids is 2. The highest BCUT2D eigenvalue weighted by Crippen LogP contribution is 2.12. The van der Waals surface area contributed by atoms with Crippen LogP contribution in [0, 0.1) is 0 Å². The van der Waals surface area contributed by atoms with Gasteiger partial charge >= 0.3 is 0 Å². The van der Waals surface area contributed by atoms with Gasteiger partial charge < -0.3 is 15.0 Å². The van der Waals surface area contributed by atoms with Crippen molar-refractivity contribution in [1.29, 1.82) is 0 Å². The molecule has 0 fully saturated rings. The summed E-state index contributed by atoms with van der Waals surface area (Å²) in [7, 11) is 3.28. The third kappa shape index (κ3) is 4.85. The molecule has 0 radical (unpaired) electrons. The minimum atomic E-state index is -0.190. The second-order valence-electron chi connectivity index (χ2n) is 5.09. The molecule has 5 nitrogen and oxygen atoms in total. The van der Waals surface area contributed by atoms with E-state index in [1.54, 1.807) is 26.3 Å². The van der Waals surface area contributed by atoms with E-state index in [1.807, 2.05) is 42.5 Å². The second kappa shape index (κ2) is 7.98. The molecule has 0 spiro atoms. The number of para-hydroxylation sites is 1. The smallest absolute Gasteiger partial charge is 0.246 e. The molecule has 0 aromatic heterocycles. The fraction of sp³-hybridized carbons (Fsp3) is 0.222. The van der Waals surface area contributed by atoms with Crippen LogP contribution in [-0.2, 0) is 16.0 Å². The zero-order valence-electron chi connectivity index (χ0n) is 13.3. The van der Waals surface area contributed by atoms with Gasteiger partial charge in [-0.15, -0.1) is 0 Å². The van der Waals surface area contributed by atoms with E-state index >= 15 is 0 Å². The van der Waals surface area contributed by atoms with Gasteiger partial charge in [-0.3, -0.25) is 9.59 Å². The molecular formula is C18H20N2O3. The van der Waals surface area contributed by atoms with Crippen molar-refractivity contribution in [3.63, 3.8) is 0 Å². The van der Waals surface area contributed by atoms with E-state index in [0.29, 0.717) is 0 Å². The molecule has 0 saturated heterocycles. The third-order valence-electron chi connectivity index (χ3n) is 3.48. The minimum Gasteiger partial charge on any atom is -0.497 e. The van der Waals surface area contributed by atoms with Crippen molar-refractivity contribution in [2.24, 2.45) is 0 Å². The van der Waals surface area contributed by atoms with Crippen LogP contribution in [-0.4, -0.2) is 32.5 Å². The molecule has 2 aromatic carbocycles. The first-order valence-corrected chi connectivity index (χ1v) is 7.31. The number of anilines is 1. The average molecular weight is 312 g/mol. The number of hydrogen-bond donors (Lipinski definition) is 1. The topological polar surface area (TPSA) is 58.6 Å². The zero-order valence-corrected chi connectivity index (χ0v) is 13.3. The molecule has 0 bridgehead atoms. The average Bonchev–Trinajstić information content (AvgIpc) is 2.60. The zero-order chi connectivity index (χ0) is 16.7. The minimum absolute atomic E-state index is 0.0274. The van der Waals surface area contributed by atoms with Gasteiger partial charge in [-0.1, -0.05) is 30.3 Å². The summed E-state index contributed by atoms with van der Waals surface area (Å²) in [6.07, 6.45) is 0.228. The van der Waals surface area contributed by atoms with Crippen LogP contribution in [0.2, 0.25) is 0 Å². The van der Waals surface area contributed by atoms with Gasteiger partial charge in [-0.05, 0) is 29.8 Å². The van der Waals surface area contributed by atoms with Crippen molar-refractivity contribution in [2.45, 2.75) is 6.42 Å². The fourth-order valence-electron chi connectivity index (χ4n) is 2.08. The summed E-state index contributed by atoms with van der Waals surface area (Å²) in [5.41, 5.74) is 1.66. The number of rotatable bonds is 6. The Morgan fingerprint density at radius 3 is 2.30 bits per heavy atom. The van der Waals surface area contributed by atoms with Gasteiger partial charge in [0, 0.05) is 12.7 Å². The molecule has 0 saturated carbocycles. The summed E-state index contributed by atoms with van der Waals surface area (Å²) in [4.78, 5) is 25.5. The summed E-state index contributed by atoms with van der Waals surface area (Å²) >= 11 is 0. The predicted octanol–water partition coefficient (Wildman–Crippen LogP) is 2.02. The van der Waals surface area contributed by atoms with Gasteiger partial charge in [0.25, 0.3) is 0 Å². The maximum absolute atomic E-state index is 12.1. The fourth-order valence-corrected chi connectivity index (χ4v) is 2.08. The lowest BCUT2D eigenvalue weighted by Gasteiger charge is -2.17. The Balaban J connectivity index is 1.82. The monoisotopic (exact) mass is 312 g/mol. The van der Waals surface area contributed by atoms with E-state index in [1.165, 1.54) is 4.90 Å². The molecule has 0 unspecified atom stereocenters. The summed E-state index contributed by atoms with van der Waals surface area (Å²) in [5.74, 6) is 0.387. The molecule has 0 aliphatic heterocycles. The van der Waals surface area contributed by atoms with E-state index in [9.17, 15) is 9.59 Å². The van der Waals surface area contributed by atoms with Gasteiger partial charge in [0.1, 0.15) is 5.75 Å². The Hall–Kier alpha value is -2.82. The number of methoxy groups -OCH3 is 1. The van der Waals surface area contributed by atoms with Gasteiger partial charge in [-0.2, -0.15) is 0 Å². The first-order chi connectivity index (χ1) is 11.1. The highest BCUT2D eigenvalue weighted by molar-refractivity contribution is 5.96. The Bertz CT molecular complexity index is 654.